The minimum absolute atomic E-state index is 0.0674. The van der Waals surface area contributed by atoms with E-state index in [9.17, 15) is 10.1 Å². The number of nitrogens with zero attached hydrogens (tertiary/aromatic N) is 4. The molecule has 0 aromatic carbocycles. The molecule has 0 amide bonds. The van der Waals surface area contributed by atoms with Crippen LogP contribution in [-0.4, -0.2) is 19.7 Å². The van der Waals surface area contributed by atoms with Gasteiger partial charge < -0.3 is 10.2 Å². The lowest BCUT2D eigenvalue weighted by molar-refractivity contribution is -0.384. The zero-order valence-corrected chi connectivity index (χ0v) is 10.1. The molecule has 19 heavy (non-hydrogen) atoms. The number of aromatic nitrogens is 3. The Labute approximate surface area is 108 Å². The van der Waals surface area contributed by atoms with Gasteiger partial charge in [0.05, 0.1) is 29.4 Å². The standard InChI is InChI=1S/C10H12N6O3/c1-2-15-6-8(5-12-15)19-10-4-7(16(17)18)3-9(13-10)14-11/h3-6H,2,11H2,1H3,(H,13,14). The summed E-state index contributed by atoms with van der Waals surface area (Å²) in [5.41, 5.74) is 2.08. The number of pyridine rings is 1. The van der Waals surface area contributed by atoms with Gasteiger partial charge >= 0.3 is 0 Å². The number of hydrogen-bond donors (Lipinski definition) is 2. The summed E-state index contributed by atoms with van der Waals surface area (Å²) >= 11 is 0. The minimum atomic E-state index is -0.551. The summed E-state index contributed by atoms with van der Waals surface area (Å²) in [5.74, 6) is 5.85. The second kappa shape index (κ2) is 5.31. The van der Waals surface area contributed by atoms with E-state index in [0.29, 0.717) is 12.3 Å². The summed E-state index contributed by atoms with van der Waals surface area (Å²) in [6.07, 6.45) is 3.16. The monoisotopic (exact) mass is 264 g/mol. The average molecular weight is 264 g/mol. The van der Waals surface area contributed by atoms with Crippen LogP contribution in [0.25, 0.3) is 0 Å². The van der Waals surface area contributed by atoms with Gasteiger partial charge in [-0.25, -0.2) is 5.84 Å². The highest BCUT2D eigenvalue weighted by atomic mass is 16.6. The maximum Gasteiger partial charge on any atom is 0.278 e. The van der Waals surface area contributed by atoms with Gasteiger partial charge in [-0.15, -0.1) is 0 Å². The fourth-order valence-electron chi connectivity index (χ4n) is 1.41. The molecule has 0 unspecified atom stereocenters. The molecule has 0 spiro atoms. The third-order valence-corrected chi connectivity index (χ3v) is 2.30. The number of nitrogen functional groups attached to an aromatic ring is 1. The zero-order valence-electron chi connectivity index (χ0n) is 10.1. The van der Waals surface area contributed by atoms with Crippen LogP contribution >= 0.6 is 0 Å². The smallest absolute Gasteiger partial charge is 0.278 e. The molecule has 0 aliphatic heterocycles. The molecule has 0 saturated heterocycles. The van der Waals surface area contributed by atoms with Crippen molar-refractivity contribution in [2.45, 2.75) is 13.5 Å². The first-order chi connectivity index (χ1) is 9.12. The molecule has 9 heteroatoms. The van der Waals surface area contributed by atoms with Gasteiger partial charge in [0.1, 0.15) is 0 Å². The molecule has 9 nitrogen and oxygen atoms in total. The number of hydrazine groups is 1. The molecule has 100 valence electrons. The molecule has 0 bridgehead atoms. The number of rotatable bonds is 5. The van der Waals surface area contributed by atoms with Crippen molar-refractivity contribution < 1.29 is 9.66 Å². The molecule has 0 atom stereocenters. The fraction of sp³-hybridized carbons (Fsp3) is 0.200. The SMILES string of the molecule is CCn1cc(Oc2cc([N+](=O)[O-])cc(NN)n2)cn1. The minimum Gasteiger partial charge on any atom is -0.435 e. The van der Waals surface area contributed by atoms with Gasteiger partial charge in [-0.05, 0) is 6.92 Å². The Morgan fingerprint density at radius 2 is 2.37 bits per heavy atom. The predicted octanol–water partition coefficient (Wildman–Crippen LogP) is 1.28. The Kier molecular flexibility index (Phi) is 3.57. The Balaban J connectivity index is 2.28. The van der Waals surface area contributed by atoms with Crippen molar-refractivity contribution in [3.8, 4) is 11.6 Å². The van der Waals surface area contributed by atoms with Crippen LogP contribution in [0.4, 0.5) is 11.5 Å². The van der Waals surface area contributed by atoms with E-state index in [4.69, 9.17) is 10.6 Å². The Hall–Kier alpha value is -2.68. The molecule has 0 radical (unpaired) electrons. The van der Waals surface area contributed by atoms with Gasteiger partial charge in [-0.2, -0.15) is 10.1 Å². The maximum absolute atomic E-state index is 10.8. The number of nitrogens with two attached hydrogens (primary N) is 1. The van der Waals surface area contributed by atoms with E-state index in [0.717, 1.165) is 0 Å². The number of hydrogen-bond acceptors (Lipinski definition) is 7. The van der Waals surface area contributed by atoms with Crippen molar-refractivity contribution in [3.05, 3.63) is 34.6 Å². The van der Waals surface area contributed by atoms with Crippen molar-refractivity contribution in [3.63, 3.8) is 0 Å². The van der Waals surface area contributed by atoms with Gasteiger partial charge in [0, 0.05) is 6.54 Å². The van der Waals surface area contributed by atoms with E-state index in [1.54, 1.807) is 10.9 Å². The lowest BCUT2D eigenvalue weighted by Gasteiger charge is -2.04. The fourth-order valence-corrected chi connectivity index (χ4v) is 1.41. The van der Waals surface area contributed by atoms with Crippen molar-refractivity contribution in [1.29, 1.82) is 0 Å². The van der Waals surface area contributed by atoms with E-state index in [-0.39, 0.29) is 17.4 Å². The Bertz CT molecular complexity index is 597. The van der Waals surface area contributed by atoms with Crippen LogP contribution in [0.2, 0.25) is 0 Å². The third-order valence-electron chi connectivity index (χ3n) is 2.30. The van der Waals surface area contributed by atoms with Crippen LogP contribution in [0.15, 0.2) is 24.5 Å². The van der Waals surface area contributed by atoms with E-state index in [1.807, 2.05) is 6.92 Å². The van der Waals surface area contributed by atoms with Crippen molar-refractivity contribution >= 4 is 11.5 Å². The Morgan fingerprint density at radius 1 is 1.58 bits per heavy atom. The molecule has 2 rings (SSSR count). The van der Waals surface area contributed by atoms with Crippen LogP contribution in [0.1, 0.15) is 6.92 Å². The first kappa shape index (κ1) is 12.8. The van der Waals surface area contributed by atoms with Crippen LogP contribution in [-0.2, 0) is 6.54 Å². The topological polar surface area (TPSA) is 121 Å². The number of aryl methyl sites for hydroxylation is 1. The van der Waals surface area contributed by atoms with Crippen molar-refractivity contribution in [2.75, 3.05) is 5.43 Å². The third kappa shape index (κ3) is 2.96. The summed E-state index contributed by atoms with van der Waals surface area (Å²) in [4.78, 5) is 14.2. The second-order valence-corrected chi connectivity index (χ2v) is 3.58. The summed E-state index contributed by atoms with van der Waals surface area (Å²) in [6, 6.07) is 2.42. The van der Waals surface area contributed by atoms with Crippen LogP contribution < -0.4 is 16.0 Å². The quantitative estimate of drug-likeness (QED) is 0.474. The van der Waals surface area contributed by atoms with Gasteiger partial charge in [0.15, 0.2) is 11.6 Å². The predicted molar refractivity (Wildman–Crippen MR) is 66.7 cm³/mol. The lowest BCUT2D eigenvalue weighted by atomic mass is 10.4. The van der Waals surface area contributed by atoms with E-state index < -0.39 is 4.92 Å². The van der Waals surface area contributed by atoms with Crippen molar-refractivity contribution in [1.82, 2.24) is 14.8 Å². The normalized spacial score (nSPS) is 10.2. The summed E-state index contributed by atoms with van der Waals surface area (Å²) in [6.45, 7) is 2.63. The molecular formula is C10H12N6O3. The molecular weight excluding hydrogens is 252 g/mol. The summed E-state index contributed by atoms with van der Waals surface area (Å²) in [7, 11) is 0. The average Bonchev–Trinajstić information content (AvgIpc) is 2.85. The van der Waals surface area contributed by atoms with Gasteiger partial charge in [-0.1, -0.05) is 0 Å². The largest absolute Gasteiger partial charge is 0.435 e. The zero-order chi connectivity index (χ0) is 13.8. The highest BCUT2D eigenvalue weighted by molar-refractivity contribution is 5.48. The van der Waals surface area contributed by atoms with E-state index in [2.05, 4.69) is 15.5 Å². The summed E-state index contributed by atoms with van der Waals surface area (Å²) in [5, 5.41) is 14.8. The lowest BCUT2D eigenvalue weighted by Crippen LogP contribution is -2.09. The molecule has 2 heterocycles. The first-order valence-electron chi connectivity index (χ1n) is 5.45. The number of nitro groups is 1. The number of nitrogens with one attached hydrogen (secondary N) is 1. The maximum atomic E-state index is 10.8. The van der Waals surface area contributed by atoms with Gasteiger partial charge in [0.2, 0.25) is 5.88 Å². The first-order valence-corrected chi connectivity index (χ1v) is 5.45. The van der Waals surface area contributed by atoms with Crippen LogP contribution in [0.3, 0.4) is 0 Å². The Morgan fingerprint density at radius 3 is 2.95 bits per heavy atom. The van der Waals surface area contributed by atoms with Crippen molar-refractivity contribution in [2.24, 2.45) is 5.84 Å². The molecule has 0 saturated carbocycles. The van der Waals surface area contributed by atoms with E-state index in [1.165, 1.54) is 18.3 Å². The molecule has 0 aliphatic carbocycles. The highest BCUT2D eigenvalue weighted by Gasteiger charge is 2.12. The number of ether oxygens (including phenoxy) is 1. The molecule has 3 N–H and O–H groups in total. The van der Waals surface area contributed by atoms with Crippen LogP contribution in [0.5, 0.6) is 11.6 Å². The van der Waals surface area contributed by atoms with Crippen LogP contribution in [0, 0.1) is 10.1 Å². The van der Waals surface area contributed by atoms with Gasteiger partial charge in [0.25, 0.3) is 5.69 Å². The number of anilines is 1. The second-order valence-electron chi connectivity index (χ2n) is 3.58. The highest BCUT2D eigenvalue weighted by Crippen LogP contribution is 2.25. The molecule has 0 aliphatic rings. The van der Waals surface area contributed by atoms with Gasteiger partial charge in [-0.3, -0.25) is 14.8 Å². The van der Waals surface area contributed by atoms with E-state index >= 15 is 0 Å². The molecule has 0 fully saturated rings. The molecule has 2 aromatic heterocycles. The molecule has 2 aromatic rings. The summed E-state index contributed by atoms with van der Waals surface area (Å²) < 4.78 is 7.06.